The van der Waals surface area contributed by atoms with Crippen molar-refractivity contribution in [1.29, 1.82) is 0 Å². The maximum absolute atomic E-state index is 14.2. The average molecular weight is 490 g/mol. The summed E-state index contributed by atoms with van der Waals surface area (Å²) in [7, 11) is 0. The van der Waals surface area contributed by atoms with E-state index >= 15 is 0 Å². The molecule has 4 aromatic rings. The summed E-state index contributed by atoms with van der Waals surface area (Å²) in [5.41, 5.74) is 2.25. The number of halogens is 6. The number of carbonyl (C=O) groups excluding carboxylic acids is 1. The van der Waals surface area contributed by atoms with Gasteiger partial charge in [0, 0.05) is 32.8 Å². The average Bonchev–Trinajstić information content (AvgIpc) is 2.80. The lowest BCUT2D eigenvalue weighted by Crippen LogP contribution is -2.09. The smallest absolute Gasteiger partial charge is 0.200 e. The zero-order valence-electron chi connectivity index (χ0n) is 18.1. The largest absolute Gasteiger partial charge is 0.294 e. The van der Waals surface area contributed by atoms with Crippen LogP contribution < -0.4 is 0 Å². The van der Waals surface area contributed by atoms with Crippen molar-refractivity contribution < 1.29 is 26.7 Å². The normalized spacial score (nSPS) is 11.3. The third kappa shape index (κ3) is 4.05. The Bertz CT molecular complexity index is 1440. The van der Waals surface area contributed by atoms with Crippen molar-refractivity contribution in [3.8, 4) is 11.1 Å². The second kappa shape index (κ2) is 9.14. The molecule has 2 nitrogen and oxygen atoms in total. The number of aromatic nitrogens is 1. The van der Waals surface area contributed by atoms with Crippen LogP contribution in [-0.2, 0) is 12.8 Å². The number of fused-ring (bicyclic) bond motifs is 1. The minimum absolute atomic E-state index is 0.0394. The van der Waals surface area contributed by atoms with E-state index in [4.69, 9.17) is 11.6 Å². The Hall–Kier alpha value is -3.32. The van der Waals surface area contributed by atoms with Crippen LogP contribution in [0.5, 0.6) is 0 Å². The second-order valence-corrected chi connectivity index (χ2v) is 8.31. The summed E-state index contributed by atoms with van der Waals surface area (Å²) in [4.78, 5) is 17.1. The molecule has 0 saturated carbocycles. The molecule has 0 amide bonds. The molecule has 174 valence electrons. The fraction of sp³-hybridized carbons (Fsp3) is 0.154. The van der Waals surface area contributed by atoms with Gasteiger partial charge in [-0.25, -0.2) is 22.0 Å². The van der Waals surface area contributed by atoms with E-state index in [1.165, 1.54) is 6.92 Å². The molecule has 8 heteroatoms. The number of pyridine rings is 1. The van der Waals surface area contributed by atoms with Crippen molar-refractivity contribution >= 4 is 28.3 Å². The van der Waals surface area contributed by atoms with Crippen LogP contribution in [0.4, 0.5) is 22.0 Å². The third-order valence-corrected chi connectivity index (χ3v) is 5.95. The van der Waals surface area contributed by atoms with Gasteiger partial charge in [0.05, 0.1) is 5.52 Å². The van der Waals surface area contributed by atoms with Gasteiger partial charge in [-0.15, -0.1) is 0 Å². The number of hydrogen-bond donors (Lipinski definition) is 0. The second-order valence-electron chi connectivity index (χ2n) is 7.87. The van der Waals surface area contributed by atoms with E-state index in [0.29, 0.717) is 43.9 Å². The Balaban J connectivity index is 1.89. The van der Waals surface area contributed by atoms with Gasteiger partial charge >= 0.3 is 0 Å². The summed E-state index contributed by atoms with van der Waals surface area (Å²) in [5, 5.41) is 1.10. The molecule has 0 saturated heterocycles. The number of nitrogens with zero attached hydrogens (tertiary/aromatic N) is 1. The zero-order chi connectivity index (χ0) is 24.7. The fourth-order valence-electron chi connectivity index (χ4n) is 4.18. The molecule has 0 aliphatic heterocycles. The summed E-state index contributed by atoms with van der Waals surface area (Å²) >= 11 is 6.12. The standard InChI is InChI=1S/C26H17ClF5NO/c1-12-20(13(2)34)21(17-10-8-15(27)11-19(17)33-12)16-6-4-3-5-14(16)7-9-18-22(28)24(30)26(32)25(31)23(18)29/h3-6,8,10-11H,7,9H2,1-2H3. The number of Topliss-reactive ketones (excluding diaryl/α,β-unsaturated/α-hetero) is 1. The van der Waals surface area contributed by atoms with E-state index in [1.807, 2.05) is 0 Å². The molecule has 0 aliphatic rings. The van der Waals surface area contributed by atoms with Gasteiger partial charge < -0.3 is 0 Å². The van der Waals surface area contributed by atoms with E-state index in [-0.39, 0.29) is 12.2 Å². The van der Waals surface area contributed by atoms with Crippen LogP contribution in [-0.4, -0.2) is 10.8 Å². The molecule has 1 aromatic heterocycles. The molecule has 0 unspecified atom stereocenters. The molecule has 0 fully saturated rings. The maximum atomic E-state index is 14.2. The highest BCUT2D eigenvalue weighted by molar-refractivity contribution is 6.31. The molecule has 4 rings (SSSR count). The van der Waals surface area contributed by atoms with Crippen LogP contribution in [0.15, 0.2) is 42.5 Å². The molecule has 3 aromatic carbocycles. The monoisotopic (exact) mass is 489 g/mol. The van der Waals surface area contributed by atoms with Crippen LogP contribution in [0, 0.1) is 36.0 Å². The minimum Gasteiger partial charge on any atom is -0.294 e. The number of aryl methyl sites for hydroxylation is 2. The summed E-state index contributed by atoms with van der Waals surface area (Å²) in [6.45, 7) is 3.10. The van der Waals surface area contributed by atoms with Crippen molar-refractivity contribution in [2.75, 3.05) is 0 Å². The van der Waals surface area contributed by atoms with Gasteiger partial charge in [-0.1, -0.05) is 41.9 Å². The van der Waals surface area contributed by atoms with Crippen LogP contribution >= 0.6 is 11.6 Å². The lowest BCUT2D eigenvalue weighted by molar-refractivity contribution is 0.101. The molecule has 0 N–H and O–H groups in total. The number of benzene rings is 3. The minimum atomic E-state index is -2.19. The predicted molar refractivity (Wildman–Crippen MR) is 121 cm³/mol. The Morgan fingerprint density at radius 1 is 0.882 bits per heavy atom. The highest BCUT2D eigenvalue weighted by Gasteiger charge is 2.26. The molecule has 1 heterocycles. The first-order valence-corrected chi connectivity index (χ1v) is 10.7. The quantitative estimate of drug-likeness (QED) is 0.125. The van der Waals surface area contributed by atoms with E-state index in [9.17, 15) is 26.7 Å². The first kappa shape index (κ1) is 23.8. The Kier molecular flexibility index (Phi) is 6.41. The lowest BCUT2D eigenvalue weighted by Gasteiger charge is -2.17. The summed E-state index contributed by atoms with van der Waals surface area (Å²) < 4.78 is 69.1. The number of rotatable bonds is 5. The van der Waals surface area contributed by atoms with Gasteiger partial charge in [0.15, 0.2) is 29.1 Å². The molecule has 0 spiro atoms. The lowest BCUT2D eigenvalue weighted by atomic mass is 9.88. The molecule has 0 aliphatic carbocycles. The number of ketones is 1. The van der Waals surface area contributed by atoms with E-state index in [1.54, 1.807) is 49.4 Å². The molecule has 0 atom stereocenters. The van der Waals surface area contributed by atoms with Gasteiger partial charge in [0.1, 0.15) is 0 Å². The van der Waals surface area contributed by atoms with Gasteiger partial charge in [-0.2, -0.15) is 0 Å². The highest BCUT2D eigenvalue weighted by atomic mass is 35.5. The fourth-order valence-corrected chi connectivity index (χ4v) is 4.35. The van der Waals surface area contributed by atoms with Gasteiger partial charge in [-0.05, 0) is 49.9 Å². The van der Waals surface area contributed by atoms with E-state index < -0.39 is 41.1 Å². The van der Waals surface area contributed by atoms with Crippen LogP contribution in [0.1, 0.15) is 34.1 Å². The van der Waals surface area contributed by atoms with Crippen LogP contribution in [0.3, 0.4) is 0 Å². The van der Waals surface area contributed by atoms with E-state index in [0.717, 1.165) is 0 Å². The molecular weight excluding hydrogens is 473 g/mol. The van der Waals surface area contributed by atoms with E-state index in [2.05, 4.69) is 4.98 Å². The van der Waals surface area contributed by atoms with Crippen LogP contribution in [0.25, 0.3) is 22.0 Å². The van der Waals surface area contributed by atoms with Gasteiger partial charge in [0.2, 0.25) is 5.82 Å². The molecule has 0 radical (unpaired) electrons. The Morgan fingerprint density at radius 3 is 2.15 bits per heavy atom. The van der Waals surface area contributed by atoms with Crippen LogP contribution in [0.2, 0.25) is 5.02 Å². The summed E-state index contributed by atoms with van der Waals surface area (Å²) in [5.74, 6) is -10.1. The maximum Gasteiger partial charge on any atom is 0.200 e. The summed E-state index contributed by atoms with van der Waals surface area (Å²) in [6, 6.07) is 11.9. The SMILES string of the molecule is CC(=O)c1c(C)nc2cc(Cl)ccc2c1-c1ccccc1CCc1c(F)c(F)c(F)c(F)c1F. The Morgan fingerprint density at radius 2 is 1.50 bits per heavy atom. The molecule has 0 bridgehead atoms. The third-order valence-electron chi connectivity index (χ3n) is 5.71. The summed E-state index contributed by atoms with van der Waals surface area (Å²) in [6.07, 6.45) is -0.478. The van der Waals surface area contributed by atoms with Crippen molar-refractivity contribution in [2.24, 2.45) is 0 Å². The first-order valence-electron chi connectivity index (χ1n) is 10.3. The highest BCUT2D eigenvalue weighted by Crippen LogP contribution is 2.37. The van der Waals surface area contributed by atoms with Crippen molar-refractivity contribution in [2.45, 2.75) is 26.7 Å². The number of hydrogen-bond acceptors (Lipinski definition) is 2. The van der Waals surface area contributed by atoms with Crippen molar-refractivity contribution in [1.82, 2.24) is 4.98 Å². The van der Waals surface area contributed by atoms with Crippen molar-refractivity contribution in [3.05, 3.63) is 99.0 Å². The van der Waals surface area contributed by atoms with Gasteiger partial charge in [0.25, 0.3) is 0 Å². The topological polar surface area (TPSA) is 30.0 Å². The molecular formula is C26H17ClF5NO. The number of carbonyl (C=O) groups is 1. The zero-order valence-corrected chi connectivity index (χ0v) is 18.8. The first-order chi connectivity index (χ1) is 16.1. The van der Waals surface area contributed by atoms with Crippen molar-refractivity contribution in [3.63, 3.8) is 0 Å². The molecule has 34 heavy (non-hydrogen) atoms. The predicted octanol–water partition coefficient (Wildman–Crippen LogP) is 7.55. The van der Waals surface area contributed by atoms with Gasteiger partial charge in [-0.3, -0.25) is 9.78 Å². The Labute approximate surface area is 197 Å².